The number of piperidine rings is 1. The van der Waals surface area contributed by atoms with E-state index in [9.17, 15) is 14.7 Å². The minimum Gasteiger partial charge on any atom is -0.481 e. The molecule has 6 nitrogen and oxygen atoms in total. The molecule has 0 bridgehead atoms. The number of carbonyl (C=O) groups is 2. The molecule has 122 valence electrons. The molecule has 0 aromatic carbocycles. The molecular formula is C15H29N3O3. The van der Waals surface area contributed by atoms with Gasteiger partial charge in [-0.05, 0) is 45.7 Å². The van der Waals surface area contributed by atoms with E-state index in [4.69, 9.17) is 0 Å². The van der Waals surface area contributed by atoms with Crippen LogP contribution in [0.2, 0.25) is 0 Å². The third-order valence-corrected chi connectivity index (χ3v) is 4.40. The molecule has 2 amide bonds. The van der Waals surface area contributed by atoms with Crippen LogP contribution < -0.4 is 10.6 Å². The second-order valence-electron chi connectivity index (χ2n) is 6.05. The first-order chi connectivity index (χ1) is 9.94. The Hall–Kier alpha value is -1.30. The SMILES string of the molecule is CCCN(C(=O)NCC(C)(CC)C(=O)O)C1CCNCC1. The molecule has 0 aliphatic carbocycles. The average molecular weight is 299 g/mol. The van der Waals surface area contributed by atoms with E-state index in [0.717, 1.165) is 32.4 Å². The second kappa shape index (κ2) is 8.22. The van der Waals surface area contributed by atoms with Gasteiger partial charge in [0, 0.05) is 19.1 Å². The zero-order chi connectivity index (χ0) is 15.9. The zero-order valence-electron chi connectivity index (χ0n) is 13.4. The highest BCUT2D eigenvalue weighted by Gasteiger charge is 2.33. The molecule has 21 heavy (non-hydrogen) atoms. The summed E-state index contributed by atoms with van der Waals surface area (Å²) in [5.41, 5.74) is -0.901. The molecule has 0 aromatic rings. The Bertz CT molecular complexity index is 356. The van der Waals surface area contributed by atoms with E-state index in [0.29, 0.717) is 13.0 Å². The van der Waals surface area contributed by atoms with Crippen LogP contribution in [0.4, 0.5) is 4.79 Å². The topological polar surface area (TPSA) is 81.7 Å². The number of nitrogens with one attached hydrogen (secondary N) is 2. The summed E-state index contributed by atoms with van der Waals surface area (Å²) < 4.78 is 0. The van der Waals surface area contributed by atoms with E-state index in [1.165, 1.54) is 0 Å². The summed E-state index contributed by atoms with van der Waals surface area (Å²) in [6.45, 7) is 8.30. The lowest BCUT2D eigenvalue weighted by atomic mass is 9.88. The van der Waals surface area contributed by atoms with E-state index >= 15 is 0 Å². The predicted molar refractivity (Wildman–Crippen MR) is 82.3 cm³/mol. The van der Waals surface area contributed by atoms with Crippen LogP contribution in [-0.2, 0) is 4.79 Å². The fourth-order valence-corrected chi connectivity index (χ4v) is 2.53. The van der Waals surface area contributed by atoms with Crippen molar-refractivity contribution < 1.29 is 14.7 Å². The van der Waals surface area contributed by atoms with Gasteiger partial charge in [0.1, 0.15) is 0 Å². The average Bonchev–Trinajstić information content (AvgIpc) is 2.50. The van der Waals surface area contributed by atoms with Crippen molar-refractivity contribution in [2.24, 2.45) is 5.41 Å². The van der Waals surface area contributed by atoms with E-state index in [-0.39, 0.29) is 18.6 Å². The van der Waals surface area contributed by atoms with E-state index in [1.54, 1.807) is 6.92 Å². The van der Waals surface area contributed by atoms with Gasteiger partial charge < -0.3 is 20.6 Å². The van der Waals surface area contributed by atoms with Gasteiger partial charge in [-0.3, -0.25) is 4.79 Å². The maximum absolute atomic E-state index is 12.4. The summed E-state index contributed by atoms with van der Waals surface area (Å²) in [5.74, 6) is -0.866. The number of carboxylic acids is 1. The first-order valence-corrected chi connectivity index (χ1v) is 7.93. The number of aliphatic carboxylic acids is 1. The molecule has 6 heteroatoms. The number of hydrogen-bond acceptors (Lipinski definition) is 3. The predicted octanol–water partition coefficient (Wildman–Crippen LogP) is 1.66. The third kappa shape index (κ3) is 4.88. The Balaban J connectivity index is 2.62. The molecule has 1 atom stereocenters. The van der Waals surface area contributed by atoms with Crippen LogP contribution in [0.25, 0.3) is 0 Å². The lowest BCUT2D eigenvalue weighted by Crippen LogP contribution is -2.52. The maximum Gasteiger partial charge on any atom is 0.317 e. The molecule has 1 fully saturated rings. The lowest BCUT2D eigenvalue weighted by Gasteiger charge is -2.35. The fourth-order valence-electron chi connectivity index (χ4n) is 2.53. The number of urea groups is 1. The van der Waals surface area contributed by atoms with Crippen LogP contribution in [0.3, 0.4) is 0 Å². The Morgan fingerprint density at radius 1 is 1.33 bits per heavy atom. The first-order valence-electron chi connectivity index (χ1n) is 7.93. The van der Waals surface area contributed by atoms with Gasteiger partial charge in [0.15, 0.2) is 0 Å². The summed E-state index contributed by atoms with van der Waals surface area (Å²) in [7, 11) is 0. The normalized spacial score (nSPS) is 18.8. The largest absolute Gasteiger partial charge is 0.481 e. The molecule has 1 aliphatic heterocycles. The van der Waals surface area contributed by atoms with Crippen LogP contribution in [0, 0.1) is 5.41 Å². The monoisotopic (exact) mass is 299 g/mol. The molecule has 1 aliphatic rings. The maximum atomic E-state index is 12.4. The number of rotatable bonds is 7. The molecule has 1 unspecified atom stereocenters. The summed E-state index contributed by atoms with van der Waals surface area (Å²) in [4.78, 5) is 25.6. The molecule has 1 saturated heterocycles. The van der Waals surface area contributed by atoms with Crippen molar-refractivity contribution in [3.63, 3.8) is 0 Å². The minimum atomic E-state index is -0.901. The Labute approximate surface area is 127 Å². The zero-order valence-corrected chi connectivity index (χ0v) is 13.4. The molecule has 3 N–H and O–H groups in total. The van der Waals surface area contributed by atoms with Crippen LogP contribution in [0.5, 0.6) is 0 Å². The number of amides is 2. The fraction of sp³-hybridized carbons (Fsp3) is 0.867. The van der Waals surface area contributed by atoms with Gasteiger partial charge in [-0.2, -0.15) is 0 Å². The molecule has 0 aromatic heterocycles. The van der Waals surface area contributed by atoms with E-state index in [2.05, 4.69) is 17.6 Å². The number of carboxylic acid groups (broad SMARTS) is 1. The van der Waals surface area contributed by atoms with Crippen molar-refractivity contribution in [2.75, 3.05) is 26.2 Å². The molecule has 0 saturated carbocycles. The molecule has 0 radical (unpaired) electrons. The van der Waals surface area contributed by atoms with Crippen molar-refractivity contribution in [1.29, 1.82) is 0 Å². The molecular weight excluding hydrogens is 270 g/mol. The Morgan fingerprint density at radius 3 is 2.43 bits per heavy atom. The minimum absolute atomic E-state index is 0.135. The van der Waals surface area contributed by atoms with E-state index < -0.39 is 11.4 Å². The van der Waals surface area contributed by atoms with Crippen molar-refractivity contribution in [1.82, 2.24) is 15.5 Å². The summed E-state index contributed by atoms with van der Waals surface area (Å²) >= 11 is 0. The first kappa shape index (κ1) is 17.8. The van der Waals surface area contributed by atoms with Gasteiger partial charge in [0.25, 0.3) is 0 Å². The van der Waals surface area contributed by atoms with Crippen LogP contribution in [-0.4, -0.2) is 54.2 Å². The van der Waals surface area contributed by atoms with Crippen molar-refractivity contribution in [3.8, 4) is 0 Å². The highest BCUT2D eigenvalue weighted by Crippen LogP contribution is 2.20. The van der Waals surface area contributed by atoms with Gasteiger partial charge in [0.05, 0.1) is 5.41 Å². The van der Waals surface area contributed by atoms with Crippen molar-refractivity contribution in [2.45, 2.75) is 52.5 Å². The van der Waals surface area contributed by atoms with Gasteiger partial charge in [-0.15, -0.1) is 0 Å². The van der Waals surface area contributed by atoms with Crippen LogP contribution in [0.15, 0.2) is 0 Å². The summed E-state index contributed by atoms with van der Waals surface area (Å²) in [6, 6.07) is 0.119. The van der Waals surface area contributed by atoms with Gasteiger partial charge >= 0.3 is 12.0 Å². The third-order valence-electron chi connectivity index (χ3n) is 4.40. The quantitative estimate of drug-likeness (QED) is 0.668. The van der Waals surface area contributed by atoms with Crippen LogP contribution >= 0.6 is 0 Å². The standard InChI is InChI=1S/C15H29N3O3/c1-4-10-18(12-6-8-16-9-7-12)14(21)17-11-15(3,5-2)13(19)20/h12,16H,4-11H2,1-3H3,(H,17,21)(H,19,20). The number of hydrogen-bond donors (Lipinski definition) is 3. The van der Waals surface area contributed by atoms with Crippen LogP contribution in [0.1, 0.15) is 46.5 Å². The number of carbonyl (C=O) groups excluding carboxylic acids is 1. The molecule has 0 spiro atoms. The highest BCUT2D eigenvalue weighted by atomic mass is 16.4. The Kier molecular flexibility index (Phi) is 6.95. The summed E-state index contributed by atoms with van der Waals surface area (Å²) in [5, 5.41) is 15.4. The molecule has 1 rings (SSSR count). The Morgan fingerprint density at radius 2 is 1.95 bits per heavy atom. The second-order valence-corrected chi connectivity index (χ2v) is 6.05. The van der Waals surface area contributed by atoms with Crippen molar-refractivity contribution in [3.05, 3.63) is 0 Å². The van der Waals surface area contributed by atoms with Gasteiger partial charge in [-0.1, -0.05) is 13.8 Å². The van der Waals surface area contributed by atoms with Gasteiger partial charge in [0.2, 0.25) is 0 Å². The summed E-state index contributed by atoms with van der Waals surface area (Å²) in [6.07, 6.45) is 3.31. The smallest absolute Gasteiger partial charge is 0.317 e. The lowest BCUT2D eigenvalue weighted by molar-refractivity contribution is -0.147. The van der Waals surface area contributed by atoms with Crippen molar-refractivity contribution >= 4 is 12.0 Å². The highest BCUT2D eigenvalue weighted by molar-refractivity contribution is 5.78. The molecule has 1 heterocycles. The van der Waals surface area contributed by atoms with Gasteiger partial charge in [-0.25, -0.2) is 4.79 Å². The number of nitrogens with zero attached hydrogens (tertiary/aromatic N) is 1. The van der Waals surface area contributed by atoms with E-state index in [1.807, 2.05) is 11.8 Å².